The standard InChI is InChI=1S/C13H23N3O/c1-2-16-9-11(8-14-16)13(10-17)15-12-6-4-3-5-7-12/h8-9,12-13,15,17H,2-7,10H2,1H3. The van der Waals surface area contributed by atoms with Crippen LogP contribution in [0.3, 0.4) is 0 Å². The van der Waals surface area contributed by atoms with Crippen molar-refractivity contribution >= 4 is 0 Å². The summed E-state index contributed by atoms with van der Waals surface area (Å²) in [6.45, 7) is 3.09. The summed E-state index contributed by atoms with van der Waals surface area (Å²) in [5.74, 6) is 0. The fourth-order valence-electron chi connectivity index (χ4n) is 2.54. The number of hydrogen-bond donors (Lipinski definition) is 2. The minimum absolute atomic E-state index is 0.0402. The molecule has 2 N–H and O–H groups in total. The molecule has 0 radical (unpaired) electrons. The molecule has 0 bridgehead atoms. The predicted molar refractivity (Wildman–Crippen MR) is 67.7 cm³/mol. The van der Waals surface area contributed by atoms with E-state index in [0.717, 1.165) is 12.1 Å². The zero-order valence-corrected chi connectivity index (χ0v) is 10.6. The summed E-state index contributed by atoms with van der Waals surface area (Å²) in [6, 6.07) is 0.601. The normalized spacial score (nSPS) is 19.4. The Hall–Kier alpha value is -0.870. The van der Waals surface area contributed by atoms with Gasteiger partial charge in [-0.05, 0) is 19.8 Å². The van der Waals surface area contributed by atoms with E-state index >= 15 is 0 Å². The summed E-state index contributed by atoms with van der Waals surface area (Å²) < 4.78 is 1.90. The molecule has 0 aliphatic heterocycles. The molecule has 1 aliphatic rings. The molecule has 2 rings (SSSR count). The molecule has 0 aromatic carbocycles. The average molecular weight is 237 g/mol. The van der Waals surface area contributed by atoms with Crippen LogP contribution >= 0.6 is 0 Å². The Kier molecular flexibility index (Phi) is 4.57. The van der Waals surface area contributed by atoms with Crippen molar-refractivity contribution in [1.82, 2.24) is 15.1 Å². The zero-order valence-electron chi connectivity index (χ0n) is 10.6. The molecule has 1 heterocycles. The van der Waals surface area contributed by atoms with E-state index in [1.165, 1.54) is 32.1 Å². The lowest BCUT2D eigenvalue weighted by Gasteiger charge is -2.27. The van der Waals surface area contributed by atoms with Gasteiger partial charge in [-0.2, -0.15) is 5.10 Å². The molecule has 0 amide bonds. The predicted octanol–water partition coefficient (Wildman–Crippen LogP) is 1.86. The molecule has 4 nitrogen and oxygen atoms in total. The highest BCUT2D eigenvalue weighted by Gasteiger charge is 2.19. The summed E-state index contributed by atoms with van der Waals surface area (Å²) in [4.78, 5) is 0. The van der Waals surface area contributed by atoms with E-state index in [1.54, 1.807) is 0 Å². The van der Waals surface area contributed by atoms with Crippen molar-refractivity contribution in [2.75, 3.05) is 6.61 Å². The Morgan fingerprint density at radius 1 is 1.47 bits per heavy atom. The summed E-state index contributed by atoms with van der Waals surface area (Å²) in [5.41, 5.74) is 1.10. The second-order valence-corrected chi connectivity index (χ2v) is 4.87. The highest BCUT2D eigenvalue weighted by Crippen LogP contribution is 2.21. The van der Waals surface area contributed by atoms with Gasteiger partial charge in [0.15, 0.2) is 0 Å². The maximum atomic E-state index is 9.49. The van der Waals surface area contributed by atoms with Crippen LogP contribution in [0.2, 0.25) is 0 Å². The number of aliphatic hydroxyl groups is 1. The Morgan fingerprint density at radius 2 is 2.24 bits per heavy atom. The molecule has 17 heavy (non-hydrogen) atoms. The third kappa shape index (κ3) is 3.30. The van der Waals surface area contributed by atoms with Crippen LogP contribution in [-0.2, 0) is 6.54 Å². The van der Waals surface area contributed by atoms with Crippen LogP contribution in [0.4, 0.5) is 0 Å². The Bertz CT molecular complexity index is 331. The minimum atomic E-state index is 0.0402. The van der Waals surface area contributed by atoms with Gasteiger partial charge in [0, 0.05) is 24.3 Å². The first kappa shape index (κ1) is 12.6. The van der Waals surface area contributed by atoms with Gasteiger partial charge in [0.25, 0.3) is 0 Å². The van der Waals surface area contributed by atoms with Gasteiger partial charge in [-0.1, -0.05) is 19.3 Å². The highest BCUT2D eigenvalue weighted by molar-refractivity contribution is 5.10. The van der Waals surface area contributed by atoms with Crippen LogP contribution < -0.4 is 5.32 Å². The van der Waals surface area contributed by atoms with Crippen molar-refractivity contribution in [3.05, 3.63) is 18.0 Å². The fraction of sp³-hybridized carbons (Fsp3) is 0.769. The first-order chi connectivity index (χ1) is 8.33. The number of hydrogen-bond acceptors (Lipinski definition) is 3. The second kappa shape index (κ2) is 6.17. The number of aryl methyl sites for hydroxylation is 1. The summed E-state index contributed by atoms with van der Waals surface area (Å²) >= 11 is 0. The fourth-order valence-corrected chi connectivity index (χ4v) is 2.54. The highest BCUT2D eigenvalue weighted by atomic mass is 16.3. The quantitative estimate of drug-likeness (QED) is 0.822. The van der Waals surface area contributed by atoms with Crippen LogP contribution in [-0.4, -0.2) is 27.5 Å². The van der Waals surface area contributed by atoms with Crippen LogP contribution in [0.1, 0.15) is 50.6 Å². The summed E-state index contributed by atoms with van der Waals surface area (Å²) in [5, 5.41) is 17.3. The van der Waals surface area contributed by atoms with E-state index in [9.17, 15) is 5.11 Å². The van der Waals surface area contributed by atoms with E-state index < -0.39 is 0 Å². The van der Waals surface area contributed by atoms with Crippen molar-refractivity contribution in [1.29, 1.82) is 0 Å². The van der Waals surface area contributed by atoms with E-state index in [1.807, 2.05) is 17.1 Å². The molecule has 1 aliphatic carbocycles. The molecule has 1 aromatic rings. The summed E-state index contributed by atoms with van der Waals surface area (Å²) in [7, 11) is 0. The molecule has 96 valence electrons. The first-order valence-electron chi connectivity index (χ1n) is 6.72. The van der Waals surface area contributed by atoms with Crippen molar-refractivity contribution in [2.24, 2.45) is 0 Å². The van der Waals surface area contributed by atoms with Gasteiger partial charge in [-0.15, -0.1) is 0 Å². The maximum absolute atomic E-state index is 9.49. The van der Waals surface area contributed by atoms with Gasteiger partial charge in [0.2, 0.25) is 0 Å². The Labute approximate surface area is 103 Å². The largest absolute Gasteiger partial charge is 0.394 e. The third-order valence-corrected chi connectivity index (χ3v) is 3.60. The minimum Gasteiger partial charge on any atom is -0.394 e. The van der Waals surface area contributed by atoms with Gasteiger partial charge in [0.1, 0.15) is 0 Å². The van der Waals surface area contributed by atoms with Crippen LogP contribution in [0, 0.1) is 0 Å². The maximum Gasteiger partial charge on any atom is 0.0627 e. The molecule has 1 atom stereocenters. The second-order valence-electron chi connectivity index (χ2n) is 4.87. The van der Waals surface area contributed by atoms with E-state index in [0.29, 0.717) is 6.04 Å². The molecular formula is C13H23N3O. The Morgan fingerprint density at radius 3 is 2.82 bits per heavy atom. The SMILES string of the molecule is CCn1cc(C(CO)NC2CCCCC2)cn1. The molecule has 0 saturated heterocycles. The molecule has 0 spiro atoms. The van der Waals surface area contributed by atoms with Crippen LogP contribution in [0.5, 0.6) is 0 Å². The molecule has 1 saturated carbocycles. The van der Waals surface area contributed by atoms with Gasteiger partial charge in [0.05, 0.1) is 18.8 Å². The van der Waals surface area contributed by atoms with E-state index in [-0.39, 0.29) is 12.6 Å². The third-order valence-electron chi connectivity index (χ3n) is 3.60. The lowest BCUT2D eigenvalue weighted by atomic mass is 9.94. The molecular weight excluding hydrogens is 214 g/mol. The van der Waals surface area contributed by atoms with Gasteiger partial charge < -0.3 is 10.4 Å². The topological polar surface area (TPSA) is 50.1 Å². The molecule has 1 unspecified atom stereocenters. The smallest absolute Gasteiger partial charge is 0.0627 e. The zero-order chi connectivity index (χ0) is 12.1. The van der Waals surface area contributed by atoms with E-state index in [2.05, 4.69) is 17.3 Å². The number of aliphatic hydroxyl groups excluding tert-OH is 1. The van der Waals surface area contributed by atoms with Crippen LogP contribution in [0.25, 0.3) is 0 Å². The lowest BCUT2D eigenvalue weighted by Crippen LogP contribution is -2.35. The first-order valence-corrected chi connectivity index (χ1v) is 6.72. The van der Waals surface area contributed by atoms with Crippen molar-refractivity contribution < 1.29 is 5.11 Å². The van der Waals surface area contributed by atoms with Gasteiger partial charge in [-0.25, -0.2) is 0 Å². The van der Waals surface area contributed by atoms with Crippen molar-refractivity contribution in [2.45, 2.75) is 57.7 Å². The number of nitrogens with one attached hydrogen (secondary N) is 1. The summed E-state index contributed by atoms with van der Waals surface area (Å²) in [6.07, 6.45) is 10.3. The van der Waals surface area contributed by atoms with Crippen molar-refractivity contribution in [3.8, 4) is 0 Å². The molecule has 1 aromatic heterocycles. The molecule has 1 fully saturated rings. The molecule has 4 heteroatoms. The lowest BCUT2D eigenvalue weighted by molar-refractivity contribution is 0.220. The number of nitrogens with zero attached hydrogens (tertiary/aromatic N) is 2. The van der Waals surface area contributed by atoms with Gasteiger partial charge >= 0.3 is 0 Å². The van der Waals surface area contributed by atoms with Crippen LogP contribution in [0.15, 0.2) is 12.4 Å². The number of aromatic nitrogens is 2. The average Bonchev–Trinajstić information content (AvgIpc) is 2.86. The van der Waals surface area contributed by atoms with E-state index in [4.69, 9.17) is 0 Å². The monoisotopic (exact) mass is 237 g/mol. The van der Waals surface area contributed by atoms with Gasteiger partial charge in [-0.3, -0.25) is 4.68 Å². The van der Waals surface area contributed by atoms with Crippen molar-refractivity contribution in [3.63, 3.8) is 0 Å². The number of rotatable bonds is 5. The Balaban J connectivity index is 1.95.